The Kier molecular flexibility index (Phi) is 7.52. The molecule has 1 aliphatic rings. The Labute approximate surface area is 154 Å². The summed E-state index contributed by atoms with van der Waals surface area (Å²) in [5.74, 6) is 0.701. The van der Waals surface area contributed by atoms with Gasteiger partial charge in [-0.15, -0.1) is 0 Å². The van der Waals surface area contributed by atoms with E-state index in [1.54, 1.807) is 17.0 Å². The van der Waals surface area contributed by atoms with Crippen molar-refractivity contribution in [2.75, 3.05) is 45.9 Å². The number of hydrogen-bond donors (Lipinski definition) is 2. The van der Waals surface area contributed by atoms with Crippen LogP contribution in [0.15, 0.2) is 18.2 Å². The third-order valence-corrected chi connectivity index (χ3v) is 4.72. The van der Waals surface area contributed by atoms with Crippen LogP contribution in [0.25, 0.3) is 0 Å². The van der Waals surface area contributed by atoms with Crippen LogP contribution in [-0.4, -0.2) is 62.6 Å². The molecule has 0 saturated carbocycles. The number of rotatable bonds is 7. The average Bonchev–Trinajstić information content (AvgIpc) is 2.61. The second-order valence-electron chi connectivity index (χ2n) is 6.36. The summed E-state index contributed by atoms with van der Waals surface area (Å²) in [4.78, 5) is 27.1. The fourth-order valence-corrected chi connectivity index (χ4v) is 2.86. The normalized spacial score (nSPS) is 15.1. The molecule has 0 radical (unpaired) electrons. The average molecular weight is 369 g/mol. The number of nitrogens with zero attached hydrogens (tertiary/aromatic N) is 1. The molecule has 2 N–H and O–H groups in total. The Balaban J connectivity index is 1.71. The van der Waals surface area contributed by atoms with E-state index in [2.05, 4.69) is 5.32 Å². The van der Waals surface area contributed by atoms with E-state index in [1.165, 1.54) is 4.90 Å². The number of ether oxygens (including phenoxy) is 1. The summed E-state index contributed by atoms with van der Waals surface area (Å²) in [6, 6.07) is 5.36. The van der Waals surface area contributed by atoms with E-state index in [4.69, 9.17) is 16.3 Å². The van der Waals surface area contributed by atoms with Gasteiger partial charge in [0.2, 0.25) is 0 Å². The monoisotopic (exact) mass is 368 g/mol. The second-order valence-corrected chi connectivity index (χ2v) is 6.76. The number of piperazine rings is 1. The van der Waals surface area contributed by atoms with Crippen molar-refractivity contribution in [3.8, 4) is 5.75 Å². The van der Waals surface area contributed by atoms with Crippen molar-refractivity contribution in [3.05, 3.63) is 28.8 Å². The number of amides is 2. The van der Waals surface area contributed by atoms with Crippen LogP contribution in [0.5, 0.6) is 5.75 Å². The van der Waals surface area contributed by atoms with Gasteiger partial charge in [-0.1, -0.05) is 18.5 Å². The largest absolute Gasteiger partial charge is 0.484 e. The zero-order valence-electron chi connectivity index (χ0n) is 14.9. The summed E-state index contributed by atoms with van der Waals surface area (Å²) in [7, 11) is 0. The molecule has 138 valence electrons. The standard InChI is InChI=1S/C18H26ClN3O3/c1-3-6-20-17(23)12-21-7-9-22(10-8-21)18(24)13-25-15-4-5-16(19)14(2)11-15/h4-5,11H,3,6-10,12-13H2,1-2H3,(H,20,23)/p+1. The number of benzene rings is 1. The maximum Gasteiger partial charge on any atom is 0.275 e. The van der Waals surface area contributed by atoms with Crippen LogP contribution in [0.3, 0.4) is 0 Å². The minimum atomic E-state index is -0.0258. The van der Waals surface area contributed by atoms with Crippen molar-refractivity contribution in [2.45, 2.75) is 20.3 Å². The molecule has 0 aliphatic carbocycles. The summed E-state index contributed by atoms with van der Waals surface area (Å²) in [6.45, 7) is 8.02. The molecule has 2 amide bonds. The van der Waals surface area contributed by atoms with Gasteiger partial charge in [0, 0.05) is 11.6 Å². The molecule has 1 saturated heterocycles. The highest BCUT2D eigenvalue weighted by Gasteiger charge is 2.25. The van der Waals surface area contributed by atoms with Crippen molar-refractivity contribution in [3.63, 3.8) is 0 Å². The van der Waals surface area contributed by atoms with E-state index >= 15 is 0 Å². The molecule has 1 aromatic carbocycles. The Morgan fingerprint density at radius 2 is 2.04 bits per heavy atom. The highest BCUT2D eigenvalue weighted by atomic mass is 35.5. The zero-order valence-corrected chi connectivity index (χ0v) is 15.7. The van der Waals surface area contributed by atoms with E-state index in [1.807, 2.05) is 19.9 Å². The summed E-state index contributed by atoms with van der Waals surface area (Å²) < 4.78 is 5.57. The van der Waals surface area contributed by atoms with Crippen molar-refractivity contribution >= 4 is 23.4 Å². The molecule has 1 aromatic rings. The number of carbonyl (C=O) groups excluding carboxylic acids is 2. The fraction of sp³-hybridized carbons (Fsp3) is 0.556. The van der Waals surface area contributed by atoms with E-state index in [0.717, 1.165) is 31.6 Å². The van der Waals surface area contributed by atoms with Gasteiger partial charge in [-0.25, -0.2) is 0 Å². The predicted molar refractivity (Wildman–Crippen MR) is 97.1 cm³/mol. The van der Waals surface area contributed by atoms with Gasteiger partial charge in [0.15, 0.2) is 13.2 Å². The lowest BCUT2D eigenvalue weighted by Crippen LogP contribution is -3.15. The number of aryl methyl sites for hydroxylation is 1. The van der Waals surface area contributed by atoms with Gasteiger partial charge in [-0.3, -0.25) is 9.59 Å². The Morgan fingerprint density at radius 3 is 2.68 bits per heavy atom. The topological polar surface area (TPSA) is 63.1 Å². The summed E-state index contributed by atoms with van der Waals surface area (Å²) in [5, 5.41) is 3.57. The highest BCUT2D eigenvalue weighted by Crippen LogP contribution is 2.20. The number of carbonyl (C=O) groups is 2. The van der Waals surface area contributed by atoms with Gasteiger partial charge in [-0.2, -0.15) is 0 Å². The van der Waals surface area contributed by atoms with Gasteiger partial charge in [0.05, 0.1) is 26.2 Å². The number of quaternary nitrogens is 1. The molecule has 25 heavy (non-hydrogen) atoms. The third-order valence-electron chi connectivity index (χ3n) is 4.30. The van der Waals surface area contributed by atoms with E-state index in [0.29, 0.717) is 30.4 Å². The van der Waals surface area contributed by atoms with Crippen LogP contribution in [-0.2, 0) is 9.59 Å². The molecule has 0 unspecified atom stereocenters. The van der Waals surface area contributed by atoms with Gasteiger partial charge in [0.1, 0.15) is 5.75 Å². The maximum absolute atomic E-state index is 12.3. The summed E-state index contributed by atoms with van der Waals surface area (Å²) in [6.07, 6.45) is 0.941. The van der Waals surface area contributed by atoms with Crippen LogP contribution in [0.1, 0.15) is 18.9 Å². The molecular formula is C18H27ClN3O3+. The number of halogens is 1. The molecule has 1 heterocycles. The lowest BCUT2D eigenvalue weighted by molar-refractivity contribution is -0.896. The van der Waals surface area contributed by atoms with Crippen molar-refractivity contribution in [2.24, 2.45) is 0 Å². The highest BCUT2D eigenvalue weighted by molar-refractivity contribution is 6.31. The summed E-state index contributed by atoms with van der Waals surface area (Å²) in [5.41, 5.74) is 0.921. The molecule has 1 fully saturated rings. The smallest absolute Gasteiger partial charge is 0.275 e. The van der Waals surface area contributed by atoms with Crippen LogP contribution in [0, 0.1) is 6.92 Å². The molecule has 0 aromatic heterocycles. The zero-order chi connectivity index (χ0) is 18.2. The molecule has 6 nitrogen and oxygen atoms in total. The minimum absolute atomic E-state index is 0.0212. The van der Waals surface area contributed by atoms with Crippen LogP contribution in [0.2, 0.25) is 5.02 Å². The van der Waals surface area contributed by atoms with Crippen LogP contribution < -0.4 is 15.0 Å². The first-order chi connectivity index (χ1) is 12.0. The summed E-state index contributed by atoms with van der Waals surface area (Å²) >= 11 is 5.98. The molecular weight excluding hydrogens is 342 g/mol. The molecule has 2 rings (SSSR count). The SMILES string of the molecule is CCCNC(=O)C[NH+]1CCN(C(=O)COc2ccc(Cl)c(C)c2)CC1. The van der Waals surface area contributed by atoms with Crippen molar-refractivity contribution in [1.29, 1.82) is 0 Å². The van der Waals surface area contributed by atoms with E-state index < -0.39 is 0 Å². The first-order valence-electron chi connectivity index (χ1n) is 8.76. The van der Waals surface area contributed by atoms with E-state index in [9.17, 15) is 9.59 Å². The van der Waals surface area contributed by atoms with Crippen LogP contribution >= 0.6 is 11.6 Å². The first kappa shape index (κ1) is 19.5. The Hall–Kier alpha value is -1.79. The second kappa shape index (κ2) is 9.63. The van der Waals surface area contributed by atoms with Gasteiger partial charge < -0.3 is 19.9 Å². The minimum Gasteiger partial charge on any atom is -0.484 e. The Morgan fingerprint density at radius 1 is 1.32 bits per heavy atom. The lowest BCUT2D eigenvalue weighted by Gasteiger charge is -2.31. The van der Waals surface area contributed by atoms with Crippen molar-refractivity contribution < 1.29 is 19.2 Å². The van der Waals surface area contributed by atoms with Crippen LogP contribution in [0.4, 0.5) is 0 Å². The van der Waals surface area contributed by atoms with E-state index in [-0.39, 0.29) is 18.4 Å². The maximum atomic E-state index is 12.3. The fourth-order valence-electron chi connectivity index (χ4n) is 2.75. The number of hydrogen-bond acceptors (Lipinski definition) is 3. The lowest BCUT2D eigenvalue weighted by atomic mass is 10.2. The third kappa shape index (κ3) is 6.21. The molecule has 0 bridgehead atoms. The molecule has 0 spiro atoms. The van der Waals surface area contributed by atoms with Gasteiger partial charge in [0.25, 0.3) is 11.8 Å². The van der Waals surface area contributed by atoms with Gasteiger partial charge in [-0.05, 0) is 37.1 Å². The van der Waals surface area contributed by atoms with Crippen molar-refractivity contribution in [1.82, 2.24) is 10.2 Å². The Bertz CT molecular complexity index is 601. The quantitative estimate of drug-likeness (QED) is 0.726. The predicted octanol–water partition coefficient (Wildman–Crippen LogP) is 0.281. The molecule has 1 aliphatic heterocycles. The van der Waals surface area contributed by atoms with Gasteiger partial charge >= 0.3 is 0 Å². The number of nitrogens with one attached hydrogen (secondary N) is 2. The molecule has 0 atom stereocenters. The molecule has 7 heteroatoms. The first-order valence-corrected chi connectivity index (χ1v) is 9.14.